The summed E-state index contributed by atoms with van der Waals surface area (Å²) in [4.78, 5) is 16.4. The number of methoxy groups -OCH3 is 2. The van der Waals surface area contributed by atoms with Crippen molar-refractivity contribution in [3.8, 4) is 17.2 Å². The SMILES string of the molecule is COc1ccc(C(C=O)c2c(Cl)cncc2Cl)c(OCCc2ccc(S(C)(=O)=O)cc2)c1OC. The van der Waals surface area contributed by atoms with Crippen LogP contribution in [0, 0.1) is 0 Å². The second kappa shape index (κ2) is 11.1. The van der Waals surface area contributed by atoms with Crippen molar-refractivity contribution in [1.82, 2.24) is 4.98 Å². The van der Waals surface area contributed by atoms with E-state index < -0.39 is 15.8 Å². The standard InChI is InChI=1S/C24H23Cl2NO6S/c1-31-21-9-8-17(18(14-28)22-19(25)12-27-13-20(22)26)23(24(21)32-2)33-11-10-15-4-6-16(7-5-15)34(3,29)30/h4-9,12-14,18H,10-11H2,1-3H3. The quantitative estimate of drug-likeness (QED) is 0.353. The Labute approximate surface area is 208 Å². The van der Waals surface area contributed by atoms with E-state index in [4.69, 9.17) is 37.4 Å². The van der Waals surface area contributed by atoms with Crippen LogP contribution in [0.5, 0.6) is 17.2 Å². The van der Waals surface area contributed by atoms with Gasteiger partial charge < -0.3 is 19.0 Å². The highest BCUT2D eigenvalue weighted by molar-refractivity contribution is 7.90. The summed E-state index contributed by atoms with van der Waals surface area (Å²) >= 11 is 12.6. The lowest BCUT2D eigenvalue weighted by molar-refractivity contribution is -0.108. The first-order chi connectivity index (χ1) is 16.2. The van der Waals surface area contributed by atoms with E-state index >= 15 is 0 Å². The molecular weight excluding hydrogens is 501 g/mol. The minimum atomic E-state index is -3.27. The summed E-state index contributed by atoms with van der Waals surface area (Å²) in [5.41, 5.74) is 1.78. The van der Waals surface area contributed by atoms with E-state index in [9.17, 15) is 13.2 Å². The first-order valence-corrected chi connectivity index (χ1v) is 12.8. The number of carbonyl (C=O) groups excluding carboxylic acids is 1. The molecule has 0 saturated heterocycles. The number of sulfone groups is 1. The summed E-state index contributed by atoms with van der Waals surface area (Å²) in [5, 5.41) is 0.493. The van der Waals surface area contributed by atoms with Gasteiger partial charge in [-0.15, -0.1) is 0 Å². The van der Waals surface area contributed by atoms with E-state index in [1.54, 1.807) is 36.4 Å². The van der Waals surface area contributed by atoms with Crippen molar-refractivity contribution in [1.29, 1.82) is 0 Å². The molecule has 10 heteroatoms. The van der Waals surface area contributed by atoms with Crippen LogP contribution in [-0.2, 0) is 21.1 Å². The van der Waals surface area contributed by atoms with Gasteiger partial charge in [0.15, 0.2) is 21.3 Å². The number of ether oxygens (including phenoxy) is 3. The Hall–Kier alpha value is -2.81. The topological polar surface area (TPSA) is 91.8 Å². The fourth-order valence-corrected chi connectivity index (χ4v) is 4.73. The molecule has 0 aliphatic carbocycles. The van der Waals surface area contributed by atoms with Crippen molar-refractivity contribution in [3.05, 3.63) is 75.5 Å². The fraction of sp³-hybridized carbons (Fsp3) is 0.250. The molecule has 3 aromatic rings. The van der Waals surface area contributed by atoms with Crippen molar-refractivity contribution in [2.75, 3.05) is 27.1 Å². The van der Waals surface area contributed by atoms with Crippen LogP contribution in [-0.4, -0.2) is 46.8 Å². The predicted octanol–water partition coefficient (Wildman–Crippen LogP) is 4.76. The number of nitrogens with zero attached hydrogens (tertiary/aromatic N) is 1. The molecule has 3 rings (SSSR count). The molecule has 0 fully saturated rings. The number of carbonyl (C=O) groups is 1. The highest BCUT2D eigenvalue weighted by Gasteiger charge is 2.27. The Morgan fingerprint density at radius 2 is 1.62 bits per heavy atom. The van der Waals surface area contributed by atoms with E-state index in [1.165, 1.54) is 26.6 Å². The molecule has 0 saturated carbocycles. The molecule has 1 unspecified atom stereocenters. The van der Waals surface area contributed by atoms with Crippen LogP contribution in [0.3, 0.4) is 0 Å². The number of rotatable bonds is 10. The molecule has 0 spiro atoms. The number of hydrogen-bond donors (Lipinski definition) is 0. The number of hydrogen-bond acceptors (Lipinski definition) is 7. The van der Waals surface area contributed by atoms with Crippen LogP contribution in [0.4, 0.5) is 0 Å². The van der Waals surface area contributed by atoms with Gasteiger partial charge in [-0.25, -0.2) is 8.42 Å². The van der Waals surface area contributed by atoms with Crippen molar-refractivity contribution in [2.24, 2.45) is 0 Å². The monoisotopic (exact) mass is 523 g/mol. The second-order valence-corrected chi connectivity index (χ2v) is 10.2. The van der Waals surface area contributed by atoms with E-state index in [-0.39, 0.29) is 21.5 Å². The van der Waals surface area contributed by atoms with Gasteiger partial charge in [-0.3, -0.25) is 4.98 Å². The molecule has 0 aliphatic heterocycles. The summed E-state index contributed by atoms with van der Waals surface area (Å²) in [6.45, 7) is 0.220. The molecule has 2 aromatic carbocycles. The van der Waals surface area contributed by atoms with Crippen molar-refractivity contribution in [3.63, 3.8) is 0 Å². The Kier molecular flexibility index (Phi) is 8.41. The Balaban J connectivity index is 1.96. The maximum atomic E-state index is 12.2. The van der Waals surface area contributed by atoms with Crippen LogP contribution >= 0.6 is 23.2 Å². The molecule has 1 heterocycles. The molecule has 0 aliphatic rings. The first kappa shape index (κ1) is 25.8. The lowest BCUT2D eigenvalue weighted by atomic mass is 9.92. The zero-order valence-corrected chi connectivity index (χ0v) is 21.1. The zero-order valence-electron chi connectivity index (χ0n) is 18.7. The molecule has 180 valence electrons. The average molecular weight is 524 g/mol. The van der Waals surface area contributed by atoms with Crippen molar-refractivity contribution >= 4 is 39.3 Å². The first-order valence-electron chi connectivity index (χ1n) is 10.1. The summed E-state index contributed by atoms with van der Waals surface area (Å²) in [6, 6.07) is 9.94. The predicted molar refractivity (Wildman–Crippen MR) is 130 cm³/mol. The minimum Gasteiger partial charge on any atom is -0.493 e. The summed E-state index contributed by atoms with van der Waals surface area (Å²) in [5.74, 6) is 0.221. The molecule has 1 aromatic heterocycles. The largest absolute Gasteiger partial charge is 0.493 e. The highest BCUT2D eigenvalue weighted by Crippen LogP contribution is 2.45. The molecule has 0 N–H and O–H groups in total. The minimum absolute atomic E-state index is 0.220. The molecule has 0 bridgehead atoms. The van der Waals surface area contributed by atoms with E-state index in [0.717, 1.165) is 18.1 Å². The Morgan fingerprint density at radius 1 is 0.971 bits per heavy atom. The zero-order chi connectivity index (χ0) is 24.9. The molecule has 34 heavy (non-hydrogen) atoms. The third-order valence-electron chi connectivity index (χ3n) is 5.19. The van der Waals surface area contributed by atoms with Gasteiger partial charge in [-0.1, -0.05) is 41.4 Å². The smallest absolute Gasteiger partial charge is 0.203 e. The van der Waals surface area contributed by atoms with E-state index in [0.29, 0.717) is 34.8 Å². The lowest BCUT2D eigenvalue weighted by Crippen LogP contribution is -2.11. The number of aldehydes is 1. The third kappa shape index (κ3) is 5.63. The van der Waals surface area contributed by atoms with Crippen molar-refractivity contribution < 1.29 is 27.4 Å². The van der Waals surface area contributed by atoms with Crippen molar-refractivity contribution in [2.45, 2.75) is 17.2 Å². The number of aromatic nitrogens is 1. The lowest BCUT2D eigenvalue weighted by Gasteiger charge is -2.22. The van der Waals surface area contributed by atoms with E-state index in [2.05, 4.69) is 4.98 Å². The fourth-order valence-electron chi connectivity index (χ4n) is 3.50. The summed E-state index contributed by atoms with van der Waals surface area (Å²) < 4.78 is 40.4. The Bertz CT molecular complexity index is 1260. The summed E-state index contributed by atoms with van der Waals surface area (Å²) in [7, 11) is -0.301. The number of pyridine rings is 1. The number of benzene rings is 2. The van der Waals surface area contributed by atoms with Crippen LogP contribution in [0.15, 0.2) is 53.7 Å². The second-order valence-electron chi connectivity index (χ2n) is 7.36. The average Bonchev–Trinajstić information content (AvgIpc) is 2.81. The maximum absolute atomic E-state index is 12.2. The van der Waals surface area contributed by atoms with Crippen LogP contribution in [0.1, 0.15) is 22.6 Å². The molecule has 1 atom stereocenters. The Morgan fingerprint density at radius 3 is 2.15 bits per heavy atom. The van der Waals surface area contributed by atoms with Crippen LogP contribution in [0.25, 0.3) is 0 Å². The van der Waals surface area contributed by atoms with Gasteiger partial charge in [0.2, 0.25) is 5.75 Å². The molecular formula is C24H23Cl2NO6S. The van der Waals surface area contributed by atoms with E-state index in [1.807, 2.05) is 0 Å². The summed E-state index contributed by atoms with van der Waals surface area (Å²) in [6.07, 6.45) is 5.20. The number of halogens is 2. The van der Waals surface area contributed by atoms with Gasteiger partial charge in [0.05, 0.1) is 41.7 Å². The van der Waals surface area contributed by atoms with Crippen LogP contribution in [0.2, 0.25) is 10.0 Å². The highest BCUT2D eigenvalue weighted by atomic mass is 35.5. The molecule has 7 nitrogen and oxygen atoms in total. The van der Waals surface area contributed by atoms with Gasteiger partial charge in [0, 0.05) is 36.2 Å². The third-order valence-corrected chi connectivity index (χ3v) is 6.92. The normalized spacial score (nSPS) is 12.1. The van der Waals surface area contributed by atoms with Gasteiger partial charge >= 0.3 is 0 Å². The maximum Gasteiger partial charge on any atom is 0.203 e. The molecule has 0 radical (unpaired) electrons. The van der Waals surface area contributed by atoms with Crippen LogP contribution < -0.4 is 14.2 Å². The van der Waals surface area contributed by atoms with Gasteiger partial charge in [-0.05, 0) is 23.8 Å². The van der Waals surface area contributed by atoms with Gasteiger partial charge in [0.25, 0.3) is 0 Å². The van der Waals surface area contributed by atoms with Gasteiger partial charge in [0.1, 0.15) is 6.29 Å². The molecule has 0 amide bonds. The van der Waals surface area contributed by atoms with Gasteiger partial charge in [-0.2, -0.15) is 0 Å².